The number of ether oxygens (including phenoxy) is 1. The molecule has 0 saturated carbocycles. The molecule has 1 heterocycles. The lowest BCUT2D eigenvalue weighted by atomic mass is 10.0. The zero-order valence-electron chi connectivity index (χ0n) is 18.3. The molecule has 34 heavy (non-hydrogen) atoms. The van der Waals surface area contributed by atoms with Gasteiger partial charge in [0.25, 0.3) is 11.6 Å². The minimum absolute atomic E-state index is 0.0149. The smallest absolute Gasteiger partial charge is 0.357 e. The maximum atomic E-state index is 13.3. The van der Waals surface area contributed by atoms with Crippen LogP contribution in [0.1, 0.15) is 44.4 Å². The first-order valence-corrected chi connectivity index (χ1v) is 11.5. The normalized spacial score (nSPS) is 11.7. The summed E-state index contributed by atoms with van der Waals surface area (Å²) >= 11 is 1.25. The van der Waals surface area contributed by atoms with E-state index in [2.05, 4.69) is 10.3 Å². The van der Waals surface area contributed by atoms with Gasteiger partial charge >= 0.3 is 5.97 Å². The van der Waals surface area contributed by atoms with E-state index in [1.807, 2.05) is 36.4 Å². The molecule has 0 aliphatic heterocycles. The van der Waals surface area contributed by atoms with Crippen molar-refractivity contribution in [2.75, 3.05) is 6.61 Å². The van der Waals surface area contributed by atoms with E-state index in [9.17, 15) is 19.7 Å². The number of esters is 1. The van der Waals surface area contributed by atoms with Crippen molar-refractivity contribution in [2.45, 2.75) is 19.4 Å². The van der Waals surface area contributed by atoms with Crippen LogP contribution in [0.2, 0.25) is 0 Å². The van der Waals surface area contributed by atoms with Crippen molar-refractivity contribution in [3.63, 3.8) is 0 Å². The first-order valence-electron chi connectivity index (χ1n) is 10.6. The van der Waals surface area contributed by atoms with Gasteiger partial charge in [-0.15, -0.1) is 11.3 Å². The summed E-state index contributed by atoms with van der Waals surface area (Å²) in [6.45, 7) is 1.95. The Hall–Kier alpha value is -4.11. The number of hydrogen-bond donors (Lipinski definition) is 1. The van der Waals surface area contributed by atoms with Gasteiger partial charge in [0.15, 0.2) is 5.69 Å². The summed E-state index contributed by atoms with van der Waals surface area (Å²) in [7, 11) is 0. The van der Waals surface area contributed by atoms with Crippen LogP contribution < -0.4 is 5.32 Å². The molecule has 0 radical (unpaired) electrons. The Balaban J connectivity index is 1.65. The van der Waals surface area contributed by atoms with E-state index < -0.39 is 16.9 Å². The molecule has 1 amide bonds. The molecule has 0 spiro atoms. The summed E-state index contributed by atoms with van der Waals surface area (Å²) in [6.07, 6.45) is 0.338. The highest BCUT2D eigenvalue weighted by Crippen LogP contribution is 2.26. The molecule has 0 aliphatic carbocycles. The average molecular weight is 476 g/mol. The molecule has 0 fully saturated rings. The molecule has 0 bridgehead atoms. The Morgan fingerprint density at radius 1 is 1.09 bits per heavy atom. The van der Waals surface area contributed by atoms with E-state index in [0.29, 0.717) is 17.0 Å². The molecule has 1 N–H and O–H groups in total. The van der Waals surface area contributed by atoms with E-state index in [1.165, 1.54) is 23.5 Å². The van der Waals surface area contributed by atoms with Crippen molar-refractivity contribution in [3.05, 3.63) is 104 Å². The molecule has 3 aromatic carbocycles. The number of carbonyl (C=O) groups is 2. The van der Waals surface area contributed by atoms with Crippen molar-refractivity contribution in [1.82, 2.24) is 10.3 Å². The predicted octanol–water partition coefficient (Wildman–Crippen LogP) is 5.10. The zero-order chi connectivity index (χ0) is 24.1. The average Bonchev–Trinajstić information content (AvgIpc) is 3.34. The number of nitrogens with zero attached hydrogens (tertiary/aromatic N) is 2. The number of fused-ring (bicyclic) bond motifs is 1. The third-order valence-electron chi connectivity index (χ3n) is 5.23. The highest BCUT2D eigenvalue weighted by atomic mass is 32.1. The van der Waals surface area contributed by atoms with Gasteiger partial charge in [0.2, 0.25) is 0 Å². The Morgan fingerprint density at radius 2 is 1.82 bits per heavy atom. The zero-order valence-corrected chi connectivity index (χ0v) is 19.1. The SMILES string of the molecule is CCOC(=O)c1csc([C@H](Cc2ccc([N+](=O)[O-])cc2)NC(=O)c2cccc3ccccc23)n1. The quantitative estimate of drug-likeness (QED) is 0.216. The predicted molar refractivity (Wildman–Crippen MR) is 129 cm³/mol. The minimum Gasteiger partial charge on any atom is -0.461 e. The van der Waals surface area contributed by atoms with Gasteiger partial charge < -0.3 is 10.1 Å². The number of carbonyl (C=O) groups excluding carboxylic acids is 2. The molecule has 9 heteroatoms. The van der Waals surface area contributed by atoms with Gasteiger partial charge in [0.05, 0.1) is 17.6 Å². The summed E-state index contributed by atoms with van der Waals surface area (Å²) in [4.78, 5) is 40.3. The van der Waals surface area contributed by atoms with Crippen molar-refractivity contribution >= 4 is 39.7 Å². The first kappa shape index (κ1) is 23.1. The van der Waals surface area contributed by atoms with E-state index in [1.54, 1.807) is 30.5 Å². The second kappa shape index (κ2) is 10.2. The van der Waals surface area contributed by atoms with Crippen molar-refractivity contribution in [2.24, 2.45) is 0 Å². The van der Waals surface area contributed by atoms with Crippen molar-refractivity contribution < 1.29 is 19.2 Å². The highest BCUT2D eigenvalue weighted by molar-refractivity contribution is 7.09. The largest absolute Gasteiger partial charge is 0.461 e. The first-order chi connectivity index (χ1) is 16.5. The molecular formula is C25H21N3O5S. The van der Waals surface area contributed by atoms with Gasteiger partial charge in [-0.05, 0) is 35.7 Å². The number of amides is 1. The number of benzene rings is 3. The van der Waals surface area contributed by atoms with Gasteiger partial charge in [-0.25, -0.2) is 9.78 Å². The summed E-state index contributed by atoms with van der Waals surface area (Å²) in [5, 5.41) is 17.9. The van der Waals surface area contributed by atoms with E-state index in [-0.39, 0.29) is 23.9 Å². The topological polar surface area (TPSA) is 111 Å². The van der Waals surface area contributed by atoms with Crippen LogP contribution in [-0.2, 0) is 11.2 Å². The van der Waals surface area contributed by atoms with Crippen LogP contribution in [0.5, 0.6) is 0 Å². The number of non-ortho nitro benzene ring substituents is 1. The number of rotatable bonds is 8. The van der Waals surface area contributed by atoms with E-state index in [4.69, 9.17) is 4.74 Å². The maximum Gasteiger partial charge on any atom is 0.357 e. The fourth-order valence-electron chi connectivity index (χ4n) is 3.60. The molecule has 0 aliphatic rings. The molecule has 4 aromatic rings. The van der Waals surface area contributed by atoms with Gasteiger partial charge in [-0.3, -0.25) is 14.9 Å². The lowest BCUT2D eigenvalue weighted by Crippen LogP contribution is -2.30. The monoisotopic (exact) mass is 475 g/mol. The molecule has 0 unspecified atom stereocenters. The number of nitro groups is 1. The van der Waals surface area contributed by atoms with Crippen LogP contribution in [0, 0.1) is 10.1 Å². The number of thiazole rings is 1. The van der Waals surface area contributed by atoms with Crippen LogP contribution >= 0.6 is 11.3 Å². The van der Waals surface area contributed by atoms with Crippen LogP contribution in [0.3, 0.4) is 0 Å². The Bertz CT molecular complexity index is 1340. The molecule has 172 valence electrons. The second-order valence-electron chi connectivity index (χ2n) is 7.47. The number of nitro benzene ring substituents is 1. The molecule has 4 rings (SSSR count). The maximum absolute atomic E-state index is 13.3. The molecule has 1 aromatic heterocycles. The minimum atomic E-state index is -0.555. The fraction of sp³-hybridized carbons (Fsp3) is 0.160. The van der Waals surface area contributed by atoms with E-state index >= 15 is 0 Å². The number of nitrogens with one attached hydrogen (secondary N) is 1. The lowest BCUT2D eigenvalue weighted by Gasteiger charge is -2.18. The highest BCUT2D eigenvalue weighted by Gasteiger charge is 2.23. The number of aromatic nitrogens is 1. The summed E-state index contributed by atoms with van der Waals surface area (Å²) in [6, 6.07) is 18.7. The second-order valence-corrected chi connectivity index (χ2v) is 8.36. The van der Waals surface area contributed by atoms with Crippen LogP contribution in [-0.4, -0.2) is 28.4 Å². The molecule has 8 nitrogen and oxygen atoms in total. The molecular weight excluding hydrogens is 454 g/mol. The van der Waals surface area contributed by atoms with Crippen LogP contribution in [0.4, 0.5) is 5.69 Å². The van der Waals surface area contributed by atoms with Gasteiger partial charge in [0, 0.05) is 23.1 Å². The number of hydrogen-bond acceptors (Lipinski definition) is 7. The molecule has 0 saturated heterocycles. The summed E-state index contributed by atoms with van der Waals surface area (Å²) in [5.41, 5.74) is 1.46. The Morgan fingerprint density at radius 3 is 2.56 bits per heavy atom. The van der Waals surface area contributed by atoms with Crippen molar-refractivity contribution in [1.29, 1.82) is 0 Å². The molecule has 1 atom stereocenters. The Kier molecular flexibility index (Phi) is 6.93. The van der Waals surface area contributed by atoms with Crippen LogP contribution in [0.15, 0.2) is 72.1 Å². The van der Waals surface area contributed by atoms with Gasteiger partial charge in [-0.1, -0.05) is 48.5 Å². The van der Waals surface area contributed by atoms with Crippen LogP contribution in [0.25, 0.3) is 10.8 Å². The van der Waals surface area contributed by atoms with Gasteiger partial charge in [0.1, 0.15) is 5.01 Å². The summed E-state index contributed by atoms with van der Waals surface area (Å²) in [5.74, 6) is -0.809. The van der Waals surface area contributed by atoms with E-state index in [0.717, 1.165) is 16.3 Å². The van der Waals surface area contributed by atoms with Crippen molar-refractivity contribution in [3.8, 4) is 0 Å². The standard InChI is InChI=1S/C25H21N3O5S/c1-2-33-25(30)22-15-34-24(27-22)21(14-16-10-12-18(13-11-16)28(31)32)26-23(29)20-9-5-7-17-6-3-4-8-19(17)20/h3-13,15,21H,2,14H2,1H3,(H,26,29)/t21-/m0/s1. The van der Waals surface area contributed by atoms with Gasteiger partial charge in [-0.2, -0.15) is 0 Å². The third-order valence-corrected chi connectivity index (χ3v) is 6.19. The third kappa shape index (κ3) is 5.10. The Labute approximate surface area is 199 Å². The fourth-order valence-corrected chi connectivity index (χ4v) is 4.43. The summed E-state index contributed by atoms with van der Waals surface area (Å²) < 4.78 is 5.03. The lowest BCUT2D eigenvalue weighted by molar-refractivity contribution is -0.384.